The maximum absolute atomic E-state index is 15.1. The summed E-state index contributed by atoms with van der Waals surface area (Å²) in [5.74, 6) is -1.69. The van der Waals surface area contributed by atoms with Gasteiger partial charge in [0.25, 0.3) is 0 Å². The minimum atomic E-state index is -3.58. The maximum Gasteiger partial charge on any atom is 0.300 e. The van der Waals surface area contributed by atoms with Crippen LogP contribution in [0.5, 0.6) is 11.5 Å². The molecule has 3 aromatic rings. The molecular weight excluding hydrogens is 526 g/mol. The summed E-state index contributed by atoms with van der Waals surface area (Å²) in [4.78, 5) is 20.2. The summed E-state index contributed by atoms with van der Waals surface area (Å²) in [6.45, 7) is 7.41. The number of carbonyl (C=O) groups excluding carboxylic acids is 1. The van der Waals surface area contributed by atoms with E-state index in [-0.39, 0.29) is 11.8 Å². The van der Waals surface area contributed by atoms with Crippen molar-refractivity contribution in [1.29, 1.82) is 0 Å². The lowest BCUT2D eigenvalue weighted by molar-refractivity contribution is -0.168. The van der Waals surface area contributed by atoms with Crippen molar-refractivity contribution in [1.82, 2.24) is 9.97 Å². The molecule has 3 N–H and O–H groups in total. The fourth-order valence-corrected chi connectivity index (χ4v) is 4.19. The van der Waals surface area contributed by atoms with Gasteiger partial charge >= 0.3 is 5.92 Å². The Morgan fingerprint density at radius 2 is 1.90 bits per heavy atom. The molecule has 0 bridgehead atoms. The molecule has 1 saturated heterocycles. The van der Waals surface area contributed by atoms with E-state index in [2.05, 4.69) is 20.6 Å². The first-order valence-electron chi connectivity index (χ1n) is 12.8. The minimum absolute atomic E-state index is 0.0833. The Morgan fingerprint density at radius 3 is 2.52 bits per heavy atom. The second-order valence-corrected chi connectivity index (χ2v) is 10.1. The standard InChI is InChI=1S/C28H34F2N4O6/c1-16(18-8-19(10-20(9-18)31-15-35)28(29,30)27(3,4)36)32-26-22-11-25(40-7-6-39-21-13-38-14-21)24(37-5)12-23(22)33-17(2)34-26/h8-12,15-16,21,36H,6-7,13-14H2,1-5H3,(H,31,35)(H,32,33,34)/t16-/m1/s1. The molecule has 10 nitrogen and oxygen atoms in total. The number of aromatic nitrogens is 2. The van der Waals surface area contributed by atoms with E-state index < -0.39 is 23.1 Å². The average Bonchev–Trinajstić information content (AvgIpc) is 2.86. The molecular formula is C28H34F2N4O6. The van der Waals surface area contributed by atoms with Gasteiger partial charge in [-0.3, -0.25) is 4.79 Å². The Hall–Kier alpha value is -3.61. The van der Waals surface area contributed by atoms with Gasteiger partial charge in [0.1, 0.15) is 30.0 Å². The van der Waals surface area contributed by atoms with Crippen molar-refractivity contribution < 1.29 is 37.6 Å². The van der Waals surface area contributed by atoms with Crippen molar-refractivity contribution in [2.75, 3.05) is 44.2 Å². The number of rotatable bonds is 13. The molecule has 40 heavy (non-hydrogen) atoms. The normalized spacial score (nSPS) is 14.9. The second kappa shape index (κ2) is 11.9. The zero-order valence-electron chi connectivity index (χ0n) is 23.1. The van der Waals surface area contributed by atoms with Crippen LogP contribution >= 0.6 is 0 Å². The molecule has 4 rings (SSSR count). The number of methoxy groups -OCH3 is 1. The SMILES string of the molecule is COc1cc2nc(C)nc(N[C@H](C)c3cc(NC=O)cc(C(F)(F)C(C)(C)O)c3)c2cc1OCCOC1COC1. The summed E-state index contributed by atoms with van der Waals surface area (Å²) in [6, 6.07) is 6.99. The van der Waals surface area contributed by atoms with Crippen LogP contribution in [0, 0.1) is 6.92 Å². The van der Waals surface area contributed by atoms with E-state index in [9.17, 15) is 9.90 Å². The number of aryl methyl sites for hydroxylation is 1. The maximum atomic E-state index is 15.1. The van der Waals surface area contributed by atoms with Gasteiger partial charge in [-0.1, -0.05) is 0 Å². The largest absolute Gasteiger partial charge is 0.493 e. The zero-order chi connectivity index (χ0) is 29.1. The minimum Gasteiger partial charge on any atom is -0.493 e. The number of ether oxygens (including phenoxy) is 4. The first kappa shape index (κ1) is 29.4. The summed E-state index contributed by atoms with van der Waals surface area (Å²) in [5, 5.41) is 16.5. The third kappa shape index (κ3) is 6.40. The third-order valence-electron chi connectivity index (χ3n) is 6.56. The van der Waals surface area contributed by atoms with Gasteiger partial charge < -0.3 is 34.7 Å². The summed E-state index contributed by atoms with van der Waals surface area (Å²) < 4.78 is 52.4. The lowest BCUT2D eigenvalue weighted by atomic mass is 9.91. The Bertz CT molecular complexity index is 1360. The van der Waals surface area contributed by atoms with Gasteiger partial charge in [0.05, 0.1) is 38.5 Å². The van der Waals surface area contributed by atoms with E-state index in [0.29, 0.717) is 72.4 Å². The fraction of sp³-hybridized carbons (Fsp3) is 0.464. The van der Waals surface area contributed by atoms with Gasteiger partial charge in [0, 0.05) is 22.7 Å². The van der Waals surface area contributed by atoms with Crippen molar-refractivity contribution in [3.63, 3.8) is 0 Å². The summed E-state index contributed by atoms with van der Waals surface area (Å²) in [6.07, 6.45) is 0.490. The van der Waals surface area contributed by atoms with Gasteiger partial charge in [-0.2, -0.15) is 8.78 Å². The quantitative estimate of drug-likeness (QED) is 0.207. The topological polar surface area (TPSA) is 124 Å². The predicted octanol–water partition coefficient (Wildman–Crippen LogP) is 4.35. The Balaban J connectivity index is 1.65. The molecule has 216 valence electrons. The highest BCUT2D eigenvalue weighted by molar-refractivity contribution is 5.92. The van der Waals surface area contributed by atoms with E-state index in [1.54, 1.807) is 32.0 Å². The molecule has 12 heteroatoms. The molecule has 2 heterocycles. The molecule has 0 spiro atoms. The van der Waals surface area contributed by atoms with Gasteiger partial charge in [-0.25, -0.2) is 9.97 Å². The number of benzene rings is 2. The smallest absolute Gasteiger partial charge is 0.300 e. The van der Waals surface area contributed by atoms with Crippen LogP contribution in [0.15, 0.2) is 30.3 Å². The molecule has 0 radical (unpaired) electrons. The van der Waals surface area contributed by atoms with Gasteiger partial charge in [-0.05, 0) is 57.5 Å². The van der Waals surface area contributed by atoms with Gasteiger partial charge in [0.2, 0.25) is 6.41 Å². The van der Waals surface area contributed by atoms with E-state index in [0.717, 1.165) is 19.9 Å². The number of halogens is 2. The molecule has 1 amide bonds. The van der Waals surface area contributed by atoms with E-state index in [1.807, 2.05) is 0 Å². The summed E-state index contributed by atoms with van der Waals surface area (Å²) in [7, 11) is 1.53. The number of aliphatic hydroxyl groups is 1. The van der Waals surface area contributed by atoms with Crippen LogP contribution in [0.1, 0.15) is 43.8 Å². The molecule has 1 aliphatic heterocycles. The number of hydrogen-bond acceptors (Lipinski definition) is 9. The summed E-state index contributed by atoms with van der Waals surface area (Å²) in [5.41, 5.74) is -1.56. The number of nitrogens with zero attached hydrogens (tertiary/aromatic N) is 2. The average molecular weight is 561 g/mol. The zero-order valence-corrected chi connectivity index (χ0v) is 23.1. The van der Waals surface area contributed by atoms with Crippen molar-refractivity contribution >= 4 is 28.8 Å². The Kier molecular flexibility index (Phi) is 8.71. The van der Waals surface area contributed by atoms with Crippen LogP contribution in [0.2, 0.25) is 0 Å². The monoisotopic (exact) mass is 560 g/mol. The first-order chi connectivity index (χ1) is 18.9. The number of amides is 1. The van der Waals surface area contributed by atoms with Crippen LogP contribution in [-0.4, -0.2) is 66.7 Å². The van der Waals surface area contributed by atoms with E-state index in [4.69, 9.17) is 18.9 Å². The molecule has 0 aliphatic carbocycles. The molecule has 2 aromatic carbocycles. The summed E-state index contributed by atoms with van der Waals surface area (Å²) >= 11 is 0. The van der Waals surface area contributed by atoms with Gasteiger partial charge in [-0.15, -0.1) is 0 Å². The number of carbonyl (C=O) groups is 1. The van der Waals surface area contributed by atoms with Crippen molar-refractivity contribution in [3.8, 4) is 11.5 Å². The molecule has 1 aromatic heterocycles. The Labute approximate surface area is 231 Å². The third-order valence-corrected chi connectivity index (χ3v) is 6.56. The van der Waals surface area contributed by atoms with E-state index >= 15 is 8.78 Å². The lowest BCUT2D eigenvalue weighted by Gasteiger charge is -2.30. The van der Waals surface area contributed by atoms with Gasteiger partial charge in [0.15, 0.2) is 11.5 Å². The highest BCUT2D eigenvalue weighted by Crippen LogP contribution is 2.41. The highest BCUT2D eigenvalue weighted by Gasteiger charge is 2.47. The lowest BCUT2D eigenvalue weighted by Crippen LogP contribution is -2.40. The first-order valence-corrected chi connectivity index (χ1v) is 12.8. The number of hydrogen-bond donors (Lipinski definition) is 3. The number of alkyl halides is 2. The highest BCUT2D eigenvalue weighted by atomic mass is 19.3. The van der Waals surface area contributed by atoms with Crippen LogP contribution in [-0.2, 0) is 20.2 Å². The van der Waals surface area contributed by atoms with Crippen molar-refractivity contribution in [2.45, 2.75) is 51.4 Å². The number of anilines is 2. The van der Waals surface area contributed by atoms with Crippen molar-refractivity contribution in [2.24, 2.45) is 0 Å². The molecule has 1 aliphatic rings. The van der Waals surface area contributed by atoms with Crippen LogP contribution < -0.4 is 20.1 Å². The molecule has 0 unspecified atom stereocenters. The van der Waals surface area contributed by atoms with E-state index in [1.165, 1.54) is 13.2 Å². The van der Waals surface area contributed by atoms with Crippen LogP contribution in [0.3, 0.4) is 0 Å². The predicted molar refractivity (Wildman–Crippen MR) is 145 cm³/mol. The number of fused-ring (bicyclic) bond motifs is 1. The molecule has 1 fully saturated rings. The number of nitrogens with one attached hydrogen (secondary N) is 2. The second-order valence-electron chi connectivity index (χ2n) is 10.1. The van der Waals surface area contributed by atoms with Crippen LogP contribution in [0.4, 0.5) is 20.3 Å². The van der Waals surface area contributed by atoms with Crippen LogP contribution in [0.25, 0.3) is 10.9 Å². The molecule has 0 saturated carbocycles. The van der Waals surface area contributed by atoms with Crippen molar-refractivity contribution in [3.05, 3.63) is 47.3 Å². The molecule has 1 atom stereocenters. The fourth-order valence-electron chi connectivity index (χ4n) is 4.19. The Morgan fingerprint density at radius 1 is 1.15 bits per heavy atom.